The van der Waals surface area contributed by atoms with Gasteiger partial charge in [0.05, 0.1) is 61.1 Å². The molecule has 1 fully saturated rings. The molecule has 5 aromatic rings. The molecule has 2 aromatic carbocycles. The Labute approximate surface area is 249 Å². The van der Waals surface area contributed by atoms with Gasteiger partial charge in [-0.2, -0.15) is 10.1 Å². The van der Waals surface area contributed by atoms with Gasteiger partial charge in [0, 0.05) is 23.3 Å². The molecule has 6 rings (SSSR count). The number of aromatic nitrogens is 6. The molecule has 0 spiro atoms. The summed E-state index contributed by atoms with van der Waals surface area (Å²) < 4.78 is 50.2. The van der Waals surface area contributed by atoms with Crippen LogP contribution in [-0.2, 0) is 24.4 Å². The fourth-order valence-corrected chi connectivity index (χ4v) is 5.10. The van der Waals surface area contributed by atoms with E-state index in [-0.39, 0.29) is 34.4 Å². The second-order valence-electron chi connectivity index (χ2n) is 10.6. The highest BCUT2D eigenvalue weighted by atomic mass is 35.5. The molecule has 1 saturated heterocycles. The Kier molecular flexibility index (Phi) is 7.61. The lowest BCUT2D eigenvalue weighted by Crippen LogP contribution is -2.48. The first-order valence-corrected chi connectivity index (χ1v) is 13.6. The van der Waals surface area contributed by atoms with E-state index in [1.165, 1.54) is 18.3 Å². The van der Waals surface area contributed by atoms with Crippen molar-refractivity contribution >= 4 is 34.1 Å². The number of nitrogens with zero attached hydrogens (tertiary/aromatic N) is 5. The molecule has 0 unspecified atom stereocenters. The smallest absolute Gasteiger partial charge is 0.355 e. The number of aromatic amines is 1. The van der Waals surface area contributed by atoms with Gasteiger partial charge in [-0.3, -0.25) is 14.0 Å². The minimum absolute atomic E-state index is 0.0774. The number of nitrogens with one attached hydrogen (secondary N) is 2. The number of hydrogen-bond acceptors (Lipinski definition) is 8. The monoisotopic (exact) mass is 629 g/mol. The van der Waals surface area contributed by atoms with Crippen LogP contribution in [0.2, 0.25) is 5.02 Å². The van der Waals surface area contributed by atoms with Crippen LogP contribution in [0.25, 0.3) is 10.9 Å². The Morgan fingerprint density at radius 1 is 1.07 bits per heavy atom. The van der Waals surface area contributed by atoms with E-state index in [9.17, 15) is 32.7 Å². The van der Waals surface area contributed by atoms with Gasteiger partial charge in [0.25, 0.3) is 5.56 Å². The minimum atomic E-state index is -1.68. The number of hydrogen-bond donors (Lipinski definition) is 3. The van der Waals surface area contributed by atoms with Crippen LogP contribution < -0.4 is 22.3 Å². The number of anilines is 2. The first-order valence-electron chi connectivity index (χ1n) is 13.2. The lowest BCUT2D eigenvalue weighted by molar-refractivity contribution is -0.146. The van der Waals surface area contributed by atoms with E-state index in [1.807, 2.05) is 0 Å². The molecule has 0 bridgehead atoms. The summed E-state index contributed by atoms with van der Waals surface area (Å²) in [6, 6.07) is 7.51. The number of aliphatic hydroxyl groups excluding tert-OH is 1. The first-order chi connectivity index (χ1) is 21.1. The average Bonchev–Trinajstić information content (AvgIpc) is 3.35. The molecule has 1 aliphatic heterocycles. The predicted octanol–water partition coefficient (Wildman–Crippen LogP) is 2.36. The summed E-state index contributed by atoms with van der Waals surface area (Å²) >= 11 is 6.52. The normalized spacial score (nSPS) is 14.1. The van der Waals surface area contributed by atoms with Crippen molar-refractivity contribution in [3.63, 3.8) is 0 Å². The molecule has 16 heteroatoms. The molecular weight excluding hydrogens is 607 g/mol. The molecule has 228 valence electrons. The molecule has 0 radical (unpaired) electrons. The molecule has 12 nitrogen and oxygen atoms in total. The van der Waals surface area contributed by atoms with Gasteiger partial charge < -0.3 is 20.1 Å². The topological polar surface area (TPSA) is 149 Å². The molecule has 3 aromatic heterocycles. The Morgan fingerprint density at radius 2 is 1.82 bits per heavy atom. The van der Waals surface area contributed by atoms with E-state index in [2.05, 4.69) is 20.4 Å². The molecule has 0 aliphatic carbocycles. The van der Waals surface area contributed by atoms with Gasteiger partial charge in [0.15, 0.2) is 17.5 Å². The van der Waals surface area contributed by atoms with Gasteiger partial charge in [-0.1, -0.05) is 17.7 Å². The fourth-order valence-electron chi connectivity index (χ4n) is 4.90. The molecule has 0 amide bonds. The standard InChI is InChI=1S/C28H23ClF3N7O5/c29-18-7-21-17(9-37(36-21)11-28(12-40)13-44-14-28)6-22(18)34-25-35-26(42)39(10-16-2-1-3-33-24(16)41)27(43)38(25)8-15-4-19(30)23(32)20(31)5-15/h1-7,9,40H,8,10-14H2,(H,33,41)(H,34,35,42). The third-order valence-electron chi connectivity index (χ3n) is 7.30. The van der Waals surface area contributed by atoms with Crippen LogP contribution in [0.1, 0.15) is 11.1 Å². The second-order valence-corrected chi connectivity index (χ2v) is 11.0. The summed E-state index contributed by atoms with van der Waals surface area (Å²) in [7, 11) is 0. The van der Waals surface area contributed by atoms with Crippen molar-refractivity contribution < 1.29 is 23.0 Å². The number of benzene rings is 2. The van der Waals surface area contributed by atoms with E-state index in [1.54, 1.807) is 23.0 Å². The van der Waals surface area contributed by atoms with E-state index >= 15 is 0 Å². The average molecular weight is 630 g/mol. The predicted molar refractivity (Wildman–Crippen MR) is 153 cm³/mol. The lowest BCUT2D eigenvalue weighted by atomic mass is 9.87. The zero-order valence-corrected chi connectivity index (χ0v) is 23.4. The Hall–Kier alpha value is -4.73. The van der Waals surface area contributed by atoms with E-state index in [4.69, 9.17) is 16.3 Å². The number of halogens is 4. The molecule has 44 heavy (non-hydrogen) atoms. The molecule has 3 N–H and O–H groups in total. The van der Waals surface area contributed by atoms with Crippen molar-refractivity contribution in [2.24, 2.45) is 5.41 Å². The SMILES string of the molecule is O=c1[nH]cccc1Cn1c(=O)nc(Nc2cc3cn(CC4(CO)COC4)nc3cc2Cl)n(Cc2cc(F)c(F)c(F)c2)c1=O. The third kappa shape index (κ3) is 5.52. The van der Waals surface area contributed by atoms with Crippen LogP contribution in [0.4, 0.5) is 24.8 Å². The van der Waals surface area contributed by atoms with Crippen LogP contribution in [0, 0.1) is 22.9 Å². The maximum Gasteiger partial charge on any atom is 0.355 e. The Morgan fingerprint density at radius 3 is 2.48 bits per heavy atom. The Balaban J connectivity index is 1.41. The number of rotatable bonds is 9. The highest BCUT2D eigenvalue weighted by Gasteiger charge is 2.38. The van der Waals surface area contributed by atoms with Gasteiger partial charge in [0.1, 0.15) is 0 Å². The molecular formula is C28H23ClF3N7O5. The van der Waals surface area contributed by atoms with Crippen LogP contribution in [0.3, 0.4) is 0 Å². The van der Waals surface area contributed by atoms with Gasteiger partial charge in [-0.15, -0.1) is 0 Å². The summed E-state index contributed by atoms with van der Waals surface area (Å²) in [6.45, 7) is 0.125. The van der Waals surface area contributed by atoms with Crippen LogP contribution in [-0.4, -0.2) is 53.8 Å². The largest absolute Gasteiger partial charge is 0.396 e. The molecule has 0 atom stereocenters. The summed E-state index contributed by atoms with van der Waals surface area (Å²) in [6.07, 6.45) is 3.11. The van der Waals surface area contributed by atoms with Crippen molar-refractivity contribution in [1.82, 2.24) is 28.9 Å². The van der Waals surface area contributed by atoms with E-state index in [0.717, 1.165) is 4.57 Å². The van der Waals surface area contributed by atoms with Gasteiger partial charge in [-0.05, 0) is 35.9 Å². The van der Waals surface area contributed by atoms with Crippen molar-refractivity contribution in [3.8, 4) is 0 Å². The van der Waals surface area contributed by atoms with Crippen molar-refractivity contribution in [2.45, 2.75) is 19.6 Å². The zero-order chi connectivity index (χ0) is 31.2. The van der Waals surface area contributed by atoms with Crippen molar-refractivity contribution in [1.29, 1.82) is 0 Å². The maximum absolute atomic E-state index is 14.0. The van der Waals surface area contributed by atoms with Crippen molar-refractivity contribution in [3.05, 3.63) is 114 Å². The maximum atomic E-state index is 14.0. The fraction of sp³-hybridized carbons (Fsp3) is 0.250. The summed E-state index contributed by atoms with van der Waals surface area (Å²) in [5.74, 6) is -4.95. The molecule has 1 aliphatic rings. The summed E-state index contributed by atoms with van der Waals surface area (Å²) in [5.41, 5.74) is -2.28. The number of fused-ring (bicyclic) bond motifs is 1. The van der Waals surface area contributed by atoms with Crippen LogP contribution in [0.5, 0.6) is 0 Å². The third-order valence-corrected chi connectivity index (χ3v) is 7.61. The Bertz CT molecular complexity index is 2060. The lowest BCUT2D eigenvalue weighted by Gasteiger charge is -2.39. The van der Waals surface area contributed by atoms with Gasteiger partial charge in [-0.25, -0.2) is 27.3 Å². The molecule has 0 saturated carbocycles. The number of aliphatic hydroxyl groups is 1. The number of H-pyrrole nitrogens is 1. The summed E-state index contributed by atoms with van der Waals surface area (Å²) in [5, 5.41) is 17.9. The van der Waals surface area contributed by atoms with Crippen LogP contribution >= 0.6 is 11.6 Å². The molecule has 4 heterocycles. The van der Waals surface area contributed by atoms with Crippen LogP contribution in [0.15, 0.2) is 63.2 Å². The highest BCUT2D eigenvalue weighted by Crippen LogP contribution is 2.32. The van der Waals surface area contributed by atoms with Crippen molar-refractivity contribution in [2.75, 3.05) is 25.1 Å². The highest BCUT2D eigenvalue weighted by molar-refractivity contribution is 6.34. The van der Waals surface area contributed by atoms with Gasteiger partial charge in [0.2, 0.25) is 5.95 Å². The summed E-state index contributed by atoms with van der Waals surface area (Å²) in [4.78, 5) is 45.4. The van der Waals surface area contributed by atoms with Gasteiger partial charge >= 0.3 is 11.4 Å². The van der Waals surface area contributed by atoms with E-state index < -0.39 is 52.9 Å². The number of ether oxygens (including phenoxy) is 1. The quantitative estimate of drug-likeness (QED) is 0.211. The zero-order valence-electron chi connectivity index (χ0n) is 22.7. The minimum Gasteiger partial charge on any atom is -0.396 e. The second kappa shape index (κ2) is 11.4. The first kappa shape index (κ1) is 29.3. The van der Waals surface area contributed by atoms with E-state index in [0.29, 0.717) is 47.4 Å². The number of pyridine rings is 1.